The number of rotatable bonds is 5. The molecular formula is C10H11N5O3. The van der Waals surface area contributed by atoms with E-state index in [-0.39, 0.29) is 23.7 Å². The molecule has 1 aromatic heterocycles. The van der Waals surface area contributed by atoms with E-state index in [2.05, 4.69) is 15.6 Å². The van der Waals surface area contributed by atoms with Gasteiger partial charge in [0.25, 0.3) is 0 Å². The fraction of sp³-hybridized carbons (Fsp3) is 0.300. The van der Waals surface area contributed by atoms with Gasteiger partial charge in [-0.25, -0.2) is 4.98 Å². The molecule has 0 aromatic carbocycles. The number of nitro groups is 1. The second-order valence-electron chi connectivity index (χ2n) is 3.28. The summed E-state index contributed by atoms with van der Waals surface area (Å²) in [6.45, 7) is 0.329. The highest BCUT2D eigenvalue weighted by molar-refractivity contribution is 5.76. The van der Waals surface area contributed by atoms with Gasteiger partial charge in [0.1, 0.15) is 11.9 Å². The van der Waals surface area contributed by atoms with Crippen LogP contribution >= 0.6 is 0 Å². The highest BCUT2D eigenvalue weighted by Gasteiger charge is 2.15. The molecule has 8 heteroatoms. The molecule has 0 atom stereocenters. The molecule has 0 fully saturated rings. The zero-order valence-corrected chi connectivity index (χ0v) is 9.64. The van der Waals surface area contributed by atoms with Crippen molar-refractivity contribution in [3.63, 3.8) is 0 Å². The Labute approximate surface area is 103 Å². The lowest BCUT2D eigenvalue weighted by Crippen LogP contribution is -2.21. The third-order valence-corrected chi connectivity index (χ3v) is 2.11. The minimum atomic E-state index is -0.667. The van der Waals surface area contributed by atoms with E-state index in [1.807, 2.05) is 0 Å². The highest BCUT2D eigenvalue weighted by Crippen LogP contribution is 2.17. The molecule has 0 bridgehead atoms. The summed E-state index contributed by atoms with van der Waals surface area (Å²) in [5.74, 6) is 0.186. The Morgan fingerprint density at radius 1 is 1.61 bits per heavy atom. The second-order valence-corrected chi connectivity index (χ2v) is 3.28. The van der Waals surface area contributed by atoms with E-state index in [4.69, 9.17) is 5.26 Å². The lowest BCUT2D eigenvalue weighted by Gasteiger charge is -2.05. The van der Waals surface area contributed by atoms with Crippen LogP contribution in [0.5, 0.6) is 0 Å². The molecule has 1 heterocycles. The zero-order valence-electron chi connectivity index (χ0n) is 9.64. The van der Waals surface area contributed by atoms with Crippen molar-refractivity contribution in [1.29, 1.82) is 5.26 Å². The number of carbonyl (C=O) groups is 1. The Kier molecular flexibility index (Phi) is 4.57. The number of carbonyl (C=O) groups excluding carboxylic acids is 1. The van der Waals surface area contributed by atoms with Gasteiger partial charge in [-0.2, -0.15) is 5.26 Å². The van der Waals surface area contributed by atoms with Gasteiger partial charge < -0.3 is 10.6 Å². The largest absolute Gasteiger partial charge is 0.370 e. The molecule has 0 aliphatic heterocycles. The molecule has 2 N–H and O–H groups in total. The minimum absolute atomic E-state index is 0.134. The molecule has 94 valence electrons. The molecule has 0 saturated carbocycles. The van der Waals surface area contributed by atoms with Gasteiger partial charge in [-0.15, -0.1) is 0 Å². The Bertz CT molecular complexity index is 509. The van der Waals surface area contributed by atoms with Crippen molar-refractivity contribution in [2.24, 2.45) is 0 Å². The SMILES string of the molecule is CNC(=O)CCNc1ccc([N+](=O)[O-])c(C#N)n1. The first-order valence-electron chi connectivity index (χ1n) is 5.08. The van der Waals surface area contributed by atoms with Crippen LogP contribution in [-0.4, -0.2) is 29.4 Å². The first-order chi connectivity index (χ1) is 8.58. The summed E-state index contributed by atoms with van der Waals surface area (Å²) in [5.41, 5.74) is -0.598. The number of anilines is 1. The van der Waals surface area contributed by atoms with Gasteiger partial charge in [0.2, 0.25) is 11.6 Å². The first kappa shape index (κ1) is 13.4. The monoisotopic (exact) mass is 249 g/mol. The minimum Gasteiger partial charge on any atom is -0.370 e. The van der Waals surface area contributed by atoms with Gasteiger partial charge in [0.05, 0.1) is 4.92 Å². The van der Waals surface area contributed by atoms with Crippen molar-refractivity contribution in [3.8, 4) is 6.07 Å². The molecule has 0 saturated heterocycles. The van der Waals surface area contributed by atoms with Crippen molar-refractivity contribution < 1.29 is 9.72 Å². The van der Waals surface area contributed by atoms with E-state index in [1.165, 1.54) is 19.2 Å². The van der Waals surface area contributed by atoms with Crippen LogP contribution in [0.25, 0.3) is 0 Å². The predicted molar refractivity (Wildman–Crippen MR) is 62.8 cm³/mol. The number of hydrogen-bond donors (Lipinski definition) is 2. The topological polar surface area (TPSA) is 121 Å². The first-order valence-corrected chi connectivity index (χ1v) is 5.08. The van der Waals surface area contributed by atoms with Crippen LogP contribution in [0.2, 0.25) is 0 Å². The van der Waals surface area contributed by atoms with Gasteiger partial charge in [-0.3, -0.25) is 14.9 Å². The molecule has 0 aliphatic carbocycles. The van der Waals surface area contributed by atoms with Crippen molar-refractivity contribution in [3.05, 3.63) is 27.9 Å². The molecule has 18 heavy (non-hydrogen) atoms. The van der Waals surface area contributed by atoms with E-state index in [0.717, 1.165) is 0 Å². The maximum absolute atomic E-state index is 11.0. The maximum Gasteiger partial charge on any atom is 0.305 e. The van der Waals surface area contributed by atoms with E-state index in [0.29, 0.717) is 12.4 Å². The van der Waals surface area contributed by atoms with E-state index >= 15 is 0 Å². The molecule has 0 unspecified atom stereocenters. The van der Waals surface area contributed by atoms with Gasteiger partial charge >= 0.3 is 5.69 Å². The molecule has 0 aliphatic rings. The second kappa shape index (κ2) is 6.15. The molecule has 0 spiro atoms. The van der Waals surface area contributed by atoms with Crippen molar-refractivity contribution in [1.82, 2.24) is 10.3 Å². The smallest absolute Gasteiger partial charge is 0.305 e. The molecule has 1 amide bonds. The number of amides is 1. The Balaban J connectivity index is 2.72. The predicted octanol–water partition coefficient (Wildman–Crippen LogP) is 0.409. The quantitative estimate of drug-likeness (QED) is 0.575. The van der Waals surface area contributed by atoms with E-state index < -0.39 is 4.92 Å². The number of hydrogen-bond acceptors (Lipinski definition) is 6. The van der Waals surface area contributed by atoms with Gasteiger partial charge in [-0.1, -0.05) is 0 Å². The lowest BCUT2D eigenvalue weighted by molar-refractivity contribution is -0.385. The van der Waals surface area contributed by atoms with Crippen LogP contribution < -0.4 is 10.6 Å². The number of nitriles is 1. The molecule has 8 nitrogen and oxygen atoms in total. The highest BCUT2D eigenvalue weighted by atomic mass is 16.6. The third kappa shape index (κ3) is 3.41. The van der Waals surface area contributed by atoms with E-state index in [9.17, 15) is 14.9 Å². The Morgan fingerprint density at radius 2 is 2.33 bits per heavy atom. The zero-order chi connectivity index (χ0) is 13.5. The summed E-state index contributed by atoms with van der Waals surface area (Å²) in [6.07, 6.45) is 0.247. The van der Waals surface area contributed by atoms with Crippen LogP contribution in [0.3, 0.4) is 0 Å². The summed E-state index contributed by atoms with van der Waals surface area (Å²) >= 11 is 0. The average molecular weight is 249 g/mol. The molecule has 1 rings (SSSR count). The van der Waals surface area contributed by atoms with Crippen molar-refractivity contribution >= 4 is 17.4 Å². The summed E-state index contributed by atoms with van der Waals surface area (Å²) in [4.78, 5) is 24.7. The van der Waals surface area contributed by atoms with Gasteiger partial charge in [-0.05, 0) is 6.07 Å². The molecular weight excluding hydrogens is 238 g/mol. The normalized spacial score (nSPS) is 9.33. The summed E-state index contributed by atoms with van der Waals surface area (Å²) in [6, 6.07) is 4.25. The lowest BCUT2D eigenvalue weighted by atomic mass is 10.3. The summed E-state index contributed by atoms with van der Waals surface area (Å²) < 4.78 is 0. The van der Waals surface area contributed by atoms with Crippen LogP contribution in [-0.2, 0) is 4.79 Å². The Morgan fingerprint density at radius 3 is 2.89 bits per heavy atom. The van der Waals surface area contributed by atoms with Crippen LogP contribution in [0.15, 0.2) is 12.1 Å². The summed E-state index contributed by atoms with van der Waals surface area (Å²) in [5, 5.41) is 24.6. The van der Waals surface area contributed by atoms with Crippen LogP contribution in [0.1, 0.15) is 12.1 Å². The number of nitrogens with zero attached hydrogens (tertiary/aromatic N) is 3. The number of nitrogens with one attached hydrogen (secondary N) is 2. The van der Waals surface area contributed by atoms with Gasteiger partial charge in [0.15, 0.2) is 0 Å². The number of aromatic nitrogens is 1. The van der Waals surface area contributed by atoms with Gasteiger partial charge in [0, 0.05) is 26.1 Å². The fourth-order valence-corrected chi connectivity index (χ4v) is 1.21. The Hall–Kier alpha value is -2.69. The van der Waals surface area contributed by atoms with E-state index in [1.54, 1.807) is 6.07 Å². The van der Waals surface area contributed by atoms with Crippen LogP contribution in [0, 0.1) is 21.4 Å². The maximum atomic E-state index is 11.0. The molecule has 1 aromatic rings. The standard InChI is InChI=1S/C10H11N5O3/c1-12-10(16)4-5-13-9-3-2-8(15(17)18)7(6-11)14-9/h2-3H,4-5H2,1H3,(H,12,16)(H,13,14). The van der Waals surface area contributed by atoms with Crippen molar-refractivity contribution in [2.75, 3.05) is 18.9 Å². The fourth-order valence-electron chi connectivity index (χ4n) is 1.21. The third-order valence-electron chi connectivity index (χ3n) is 2.11. The summed E-state index contributed by atoms with van der Waals surface area (Å²) in [7, 11) is 1.53. The average Bonchev–Trinajstić information content (AvgIpc) is 2.37. The number of pyridine rings is 1. The van der Waals surface area contributed by atoms with Crippen LogP contribution in [0.4, 0.5) is 11.5 Å². The van der Waals surface area contributed by atoms with Crippen molar-refractivity contribution in [2.45, 2.75) is 6.42 Å². The molecule has 0 radical (unpaired) electrons.